The smallest absolute Gasteiger partial charge is 0.416 e. The van der Waals surface area contributed by atoms with Crippen molar-refractivity contribution in [2.75, 3.05) is 77.0 Å². The molecule has 3 aliphatic rings. The van der Waals surface area contributed by atoms with Gasteiger partial charge in [0.05, 0.1) is 66.1 Å². The third kappa shape index (κ3) is 12.5. The second-order valence-electron chi connectivity index (χ2n) is 18.9. The molecule has 0 radical (unpaired) electrons. The largest absolute Gasteiger partial charge is 0.492 e. The number of nitrogens with one attached hydrogen (secondary N) is 6. The Kier molecular flexibility index (Phi) is 15.3. The van der Waals surface area contributed by atoms with Crippen molar-refractivity contribution >= 4 is 57.9 Å². The molecule has 25 heteroatoms. The molecular weight excluding hydrogens is 1010 g/mol. The second-order valence-corrected chi connectivity index (χ2v) is 18.9. The maximum absolute atomic E-state index is 14.1. The molecule has 6 N–H and O–H groups in total. The summed E-state index contributed by atoms with van der Waals surface area (Å²) in [6.45, 7) is 9.60. The van der Waals surface area contributed by atoms with Crippen LogP contribution < -0.4 is 57.1 Å². The molecule has 0 spiro atoms. The Morgan fingerprint density at radius 2 is 1.40 bits per heavy atom. The van der Waals surface area contributed by atoms with Gasteiger partial charge >= 0.3 is 12.4 Å². The number of pyridine rings is 3. The number of benzene rings is 2. The van der Waals surface area contributed by atoms with Crippen LogP contribution in [0.15, 0.2) is 97.7 Å². The van der Waals surface area contributed by atoms with Gasteiger partial charge in [-0.2, -0.15) is 31.4 Å². The van der Waals surface area contributed by atoms with Gasteiger partial charge in [0.1, 0.15) is 29.0 Å². The van der Waals surface area contributed by atoms with Crippen LogP contribution in [0.4, 0.5) is 61.0 Å². The Balaban J connectivity index is 0.905. The number of aryl methyl sites for hydroxylation is 2. The molecule has 0 aliphatic carbocycles. The molecule has 7 heterocycles. The number of carbonyl (C=O) groups is 2. The molecule has 3 aliphatic heterocycles. The normalized spacial score (nSPS) is 14.8. The second kappa shape index (κ2) is 22.0. The summed E-state index contributed by atoms with van der Waals surface area (Å²) in [7, 11) is 3.47. The van der Waals surface area contributed by atoms with E-state index in [-0.39, 0.29) is 46.9 Å². The van der Waals surface area contributed by atoms with Crippen LogP contribution in [0.2, 0.25) is 0 Å². The van der Waals surface area contributed by atoms with Gasteiger partial charge in [-0.15, -0.1) is 11.1 Å². The maximum atomic E-state index is 14.1. The van der Waals surface area contributed by atoms with Crippen LogP contribution in [0.25, 0.3) is 11.4 Å². The quantitative estimate of drug-likeness (QED) is 0.0511. The molecule has 77 heavy (non-hydrogen) atoms. The van der Waals surface area contributed by atoms with E-state index in [2.05, 4.69) is 52.6 Å². The summed E-state index contributed by atoms with van der Waals surface area (Å²) in [6.07, 6.45) is -0.583. The topological polar surface area (TPSA) is 194 Å². The van der Waals surface area contributed by atoms with E-state index in [1.165, 1.54) is 0 Å². The predicted octanol–water partition coefficient (Wildman–Crippen LogP) is 7.97. The lowest BCUT2D eigenvalue weighted by molar-refractivity contribution is -0.138. The number of halogens is 6. The number of rotatable bonds is 16. The number of carbonyl (C=O) groups excluding carboxylic acids is 2. The molecule has 4 aromatic heterocycles. The lowest BCUT2D eigenvalue weighted by atomic mass is 10.1. The highest BCUT2D eigenvalue weighted by Gasteiger charge is 2.34. The zero-order chi connectivity index (χ0) is 54.8. The van der Waals surface area contributed by atoms with E-state index in [4.69, 9.17) is 9.47 Å². The zero-order valence-electron chi connectivity index (χ0n) is 42.7. The minimum atomic E-state index is -4.69. The van der Waals surface area contributed by atoms with Gasteiger partial charge in [-0.25, -0.2) is 9.97 Å². The van der Waals surface area contributed by atoms with Crippen LogP contribution in [0, 0.1) is 19.8 Å². The van der Waals surface area contributed by atoms with E-state index in [1.54, 1.807) is 105 Å². The van der Waals surface area contributed by atoms with Crippen molar-refractivity contribution < 1.29 is 45.4 Å². The summed E-state index contributed by atoms with van der Waals surface area (Å²) in [4.78, 5) is 43.8. The number of anilines is 6. The Hall–Kier alpha value is -8.42. The van der Waals surface area contributed by atoms with Crippen LogP contribution in [0.3, 0.4) is 0 Å². The molecule has 0 saturated carbocycles. The number of alkyl halides is 6. The first-order chi connectivity index (χ1) is 36.7. The standard InChI is InChI=1S/C52H55F6N15O4/c1-30(2)27-69(5)47-22-37(51(53,54)55)20-45(61-47)63-50(75)35-10-9-33(44(19-35)73-29-42(66-68-73)40-26-60-70(6)32(40)4)11-14-77-39-17-36(24-59-25-39)41-28-72(67-65-41)43-18-34(8-7-31(43)3)49(74)64-46-21-38(52(56,57)58)23-48(62-46)71-12-15-76-16-13-71/h7-10,17-26,28-30,65-68H,11-16,27H2,1-6H3,(H,61,63,75)(H,62,64,74). The van der Waals surface area contributed by atoms with Gasteiger partial charge < -0.3 is 40.8 Å². The summed E-state index contributed by atoms with van der Waals surface area (Å²) in [5.74, 6) is -1.14. The van der Waals surface area contributed by atoms with Gasteiger partial charge in [-0.3, -0.25) is 29.3 Å². The number of hydrogen-bond donors (Lipinski definition) is 6. The number of ether oxygens (including phenoxy) is 2. The van der Waals surface area contributed by atoms with Crippen molar-refractivity contribution in [2.24, 2.45) is 13.0 Å². The lowest BCUT2D eigenvalue weighted by Gasteiger charge is -2.28. The Morgan fingerprint density at radius 1 is 0.779 bits per heavy atom. The predicted molar refractivity (Wildman–Crippen MR) is 278 cm³/mol. The van der Waals surface area contributed by atoms with E-state index in [1.807, 2.05) is 34.7 Å². The van der Waals surface area contributed by atoms with Crippen LogP contribution >= 0.6 is 0 Å². The third-order valence-corrected chi connectivity index (χ3v) is 12.8. The van der Waals surface area contributed by atoms with Gasteiger partial charge in [0.15, 0.2) is 0 Å². The molecule has 2 aromatic carbocycles. The molecule has 19 nitrogen and oxygen atoms in total. The first-order valence-electron chi connectivity index (χ1n) is 24.4. The minimum absolute atomic E-state index is 0.0610. The Bertz CT molecular complexity index is 3250. The summed E-state index contributed by atoms with van der Waals surface area (Å²) in [5.41, 5.74) is 17.1. The highest BCUT2D eigenvalue weighted by Crippen LogP contribution is 2.36. The molecule has 0 bridgehead atoms. The van der Waals surface area contributed by atoms with Gasteiger partial charge in [0.25, 0.3) is 11.8 Å². The molecular formula is C52H55F6N15O4. The molecule has 6 aromatic rings. The van der Waals surface area contributed by atoms with Crippen molar-refractivity contribution in [1.82, 2.24) is 46.7 Å². The first kappa shape index (κ1) is 53.4. The minimum Gasteiger partial charge on any atom is -0.492 e. The van der Waals surface area contributed by atoms with E-state index in [9.17, 15) is 35.9 Å². The van der Waals surface area contributed by atoms with Gasteiger partial charge in [0.2, 0.25) is 0 Å². The first-order valence-corrected chi connectivity index (χ1v) is 24.4. The van der Waals surface area contributed by atoms with Crippen molar-refractivity contribution in [2.45, 2.75) is 46.5 Å². The lowest BCUT2D eigenvalue weighted by Crippen LogP contribution is -2.37. The maximum Gasteiger partial charge on any atom is 0.416 e. The highest BCUT2D eigenvalue weighted by atomic mass is 19.4. The van der Waals surface area contributed by atoms with Gasteiger partial charge in [-0.1, -0.05) is 26.0 Å². The zero-order valence-corrected chi connectivity index (χ0v) is 42.7. The van der Waals surface area contributed by atoms with Gasteiger partial charge in [-0.05, 0) is 85.5 Å². The summed E-state index contributed by atoms with van der Waals surface area (Å²) in [5, 5.41) is 12.8. The third-order valence-electron chi connectivity index (χ3n) is 12.8. The monoisotopic (exact) mass is 1070 g/mol. The fraction of sp³-hybridized carbons (Fsp3) is 0.308. The number of morpholine rings is 1. The number of amides is 2. The van der Waals surface area contributed by atoms with Crippen molar-refractivity contribution in [3.63, 3.8) is 0 Å². The molecule has 1 fully saturated rings. The van der Waals surface area contributed by atoms with Gasteiger partial charge in [0, 0.05) is 86.7 Å². The number of hydrazine groups is 4. The van der Waals surface area contributed by atoms with E-state index in [0.29, 0.717) is 73.4 Å². The molecule has 0 unspecified atom stereocenters. The van der Waals surface area contributed by atoms with Crippen molar-refractivity contribution in [1.29, 1.82) is 0 Å². The summed E-state index contributed by atoms with van der Waals surface area (Å²) < 4.78 is 97.4. The van der Waals surface area contributed by atoms with E-state index < -0.39 is 35.3 Å². The van der Waals surface area contributed by atoms with Crippen LogP contribution in [0.5, 0.6) is 5.75 Å². The molecule has 1 saturated heterocycles. The van der Waals surface area contributed by atoms with E-state index in [0.717, 1.165) is 46.6 Å². The summed E-state index contributed by atoms with van der Waals surface area (Å²) in [6, 6.07) is 15.1. The molecule has 0 atom stereocenters. The Morgan fingerprint density at radius 3 is 2.06 bits per heavy atom. The average molecular weight is 1070 g/mol. The van der Waals surface area contributed by atoms with E-state index >= 15 is 0 Å². The fourth-order valence-electron chi connectivity index (χ4n) is 8.66. The molecule has 404 valence electrons. The Labute approximate surface area is 438 Å². The van der Waals surface area contributed by atoms with Crippen molar-refractivity contribution in [3.05, 3.63) is 148 Å². The summed E-state index contributed by atoms with van der Waals surface area (Å²) >= 11 is 0. The number of hydrogen-bond acceptors (Lipinski definition) is 16. The highest BCUT2D eigenvalue weighted by molar-refractivity contribution is 6.05. The average Bonchev–Trinajstić information content (AvgIpc) is 4.18. The molecule has 2 amide bonds. The molecule has 9 rings (SSSR count). The fourth-order valence-corrected chi connectivity index (χ4v) is 8.66. The SMILES string of the molecule is Cc1ccc(C(=O)Nc2cc(C(F)(F)F)cc(N3CCOCC3)n2)cc1N1C=C(c2cncc(OCCc3ccc(C(=O)Nc4cc(C(F)(F)F)cc(N(C)CC(C)C)n4)cc3N3C=C(c4cnn(C)c4C)NN3)c2)NN1. The van der Waals surface area contributed by atoms with Crippen LogP contribution in [-0.2, 0) is 30.6 Å². The number of nitrogens with zero attached hydrogens (tertiary/aromatic N) is 9. The van der Waals surface area contributed by atoms with Crippen LogP contribution in [0.1, 0.15) is 73.6 Å². The van der Waals surface area contributed by atoms with Crippen LogP contribution in [-0.4, -0.2) is 83.0 Å². The van der Waals surface area contributed by atoms with Crippen molar-refractivity contribution in [3.8, 4) is 5.75 Å². The number of aromatic nitrogens is 5.